The summed E-state index contributed by atoms with van der Waals surface area (Å²) in [5.74, 6) is 0.884. The largest absolute Gasteiger partial charge is 0.356 e. The number of nitrogens with one attached hydrogen (secondary N) is 3. The highest BCUT2D eigenvalue weighted by Crippen LogP contribution is 2.04. The van der Waals surface area contributed by atoms with Gasteiger partial charge in [-0.05, 0) is 32.3 Å². The molecule has 0 spiro atoms. The van der Waals surface area contributed by atoms with Crippen molar-refractivity contribution >= 4 is 16.0 Å². The molecule has 0 fully saturated rings. The van der Waals surface area contributed by atoms with E-state index in [1.165, 1.54) is 5.56 Å². The third-order valence-electron chi connectivity index (χ3n) is 3.71. The fraction of sp³-hybridized carbons (Fsp3) is 0.611. The Hall–Kier alpha value is -1.60. The highest BCUT2D eigenvalue weighted by Gasteiger charge is 2.04. The second-order valence-corrected chi connectivity index (χ2v) is 8.10. The molecule has 0 radical (unpaired) electrons. The number of aliphatic imine (C=N–C) groups is 1. The Morgan fingerprint density at radius 1 is 1.00 bits per heavy atom. The van der Waals surface area contributed by atoms with E-state index in [0.717, 1.165) is 30.9 Å². The smallest absolute Gasteiger partial charge is 0.211 e. The van der Waals surface area contributed by atoms with E-state index in [4.69, 9.17) is 0 Å². The number of nitrogens with zero attached hydrogens (tertiary/aromatic N) is 1. The number of guanidine groups is 1. The lowest BCUT2D eigenvalue weighted by Gasteiger charge is -2.13. The second-order valence-electron chi connectivity index (χ2n) is 6.01. The van der Waals surface area contributed by atoms with E-state index in [0.29, 0.717) is 26.1 Å². The number of aryl methyl sites for hydroxylation is 1. The number of hydrogen-bond acceptors (Lipinski definition) is 3. The van der Waals surface area contributed by atoms with Crippen LogP contribution in [0, 0.1) is 6.92 Å². The molecule has 0 aliphatic carbocycles. The van der Waals surface area contributed by atoms with Crippen LogP contribution in [0.3, 0.4) is 0 Å². The van der Waals surface area contributed by atoms with Gasteiger partial charge in [-0.25, -0.2) is 18.1 Å². The van der Waals surface area contributed by atoms with Crippen molar-refractivity contribution in [3.05, 3.63) is 35.4 Å². The van der Waals surface area contributed by atoms with Gasteiger partial charge >= 0.3 is 0 Å². The summed E-state index contributed by atoms with van der Waals surface area (Å²) in [5, 5.41) is 6.59. The molecule has 0 saturated carbocycles. The Labute approximate surface area is 152 Å². The quantitative estimate of drug-likeness (QED) is 0.318. The van der Waals surface area contributed by atoms with Crippen LogP contribution in [0.4, 0.5) is 0 Å². The molecule has 6 nitrogen and oxygen atoms in total. The number of sulfonamides is 1. The number of rotatable bonds is 11. The van der Waals surface area contributed by atoms with Gasteiger partial charge in [0.2, 0.25) is 10.0 Å². The Morgan fingerprint density at radius 3 is 2.24 bits per heavy atom. The average Bonchev–Trinajstić information content (AvgIpc) is 2.60. The fourth-order valence-corrected chi connectivity index (χ4v) is 2.71. The Morgan fingerprint density at radius 2 is 1.64 bits per heavy atom. The molecular weight excluding hydrogens is 336 g/mol. The molecule has 142 valence electrons. The summed E-state index contributed by atoms with van der Waals surface area (Å²) >= 11 is 0. The average molecular weight is 369 g/mol. The van der Waals surface area contributed by atoms with Crippen molar-refractivity contribution in [2.45, 2.75) is 46.6 Å². The van der Waals surface area contributed by atoms with Crippen LogP contribution in [-0.4, -0.2) is 39.8 Å². The highest BCUT2D eigenvalue weighted by molar-refractivity contribution is 7.89. The molecule has 0 unspecified atom stereocenters. The third kappa shape index (κ3) is 10.1. The van der Waals surface area contributed by atoms with Crippen LogP contribution < -0.4 is 15.4 Å². The summed E-state index contributed by atoms with van der Waals surface area (Å²) in [6.45, 7) is 8.44. The predicted molar refractivity (Wildman–Crippen MR) is 105 cm³/mol. The SMILES string of the molecule is CCCCNC(=NCc1ccc(C)cc1)NCCCNS(=O)(=O)CC. The summed E-state index contributed by atoms with van der Waals surface area (Å²) < 4.78 is 25.3. The topological polar surface area (TPSA) is 82.6 Å². The first-order chi connectivity index (χ1) is 12.0. The van der Waals surface area contributed by atoms with Crippen molar-refractivity contribution in [2.75, 3.05) is 25.4 Å². The first-order valence-electron chi connectivity index (χ1n) is 9.02. The molecule has 0 amide bonds. The minimum absolute atomic E-state index is 0.113. The molecule has 1 aromatic carbocycles. The Bertz CT molecular complexity index is 612. The number of hydrogen-bond donors (Lipinski definition) is 3. The zero-order valence-corrected chi connectivity index (χ0v) is 16.5. The number of benzene rings is 1. The second kappa shape index (κ2) is 11.9. The van der Waals surface area contributed by atoms with E-state index in [1.807, 2.05) is 0 Å². The molecule has 0 heterocycles. The monoisotopic (exact) mass is 368 g/mol. The van der Waals surface area contributed by atoms with Crippen LogP contribution in [-0.2, 0) is 16.6 Å². The van der Waals surface area contributed by atoms with Gasteiger partial charge in [0.1, 0.15) is 0 Å². The maximum absolute atomic E-state index is 11.4. The molecule has 7 heteroatoms. The molecule has 0 bridgehead atoms. The van der Waals surface area contributed by atoms with E-state index >= 15 is 0 Å². The molecule has 0 aliphatic heterocycles. The van der Waals surface area contributed by atoms with Crippen LogP contribution in [0.5, 0.6) is 0 Å². The minimum atomic E-state index is -3.11. The van der Waals surface area contributed by atoms with Crippen molar-refractivity contribution in [3.63, 3.8) is 0 Å². The third-order valence-corrected chi connectivity index (χ3v) is 5.12. The number of unbranched alkanes of at least 4 members (excludes halogenated alkanes) is 1. The van der Waals surface area contributed by atoms with E-state index in [9.17, 15) is 8.42 Å². The van der Waals surface area contributed by atoms with Gasteiger partial charge in [0.15, 0.2) is 5.96 Å². The van der Waals surface area contributed by atoms with E-state index in [-0.39, 0.29) is 5.75 Å². The molecule has 0 aromatic heterocycles. The van der Waals surface area contributed by atoms with Gasteiger partial charge in [-0.3, -0.25) is 0 Å². The van der Waals surface area contributed by atoms with Crippen LogP contribution in [0.2, 0.25) is 0 Å². The maximum atomic E-state index is 11.4. The molecule has 0 atom stereocenters. The van der Waals surface area contributed by atoms with E-state index < -0.39 is 10.0 Å². The van der Waals surface area contributed by atoms with Crippen molar-refractivity contribution in [2.24, 2.45) is 4.99 Å². The maximum Gasteiger partial charge on any atom is 0.211 e. The van der Waals surface area contributed by atoms with Crippen LogP contribution in [0.1, 0.15) is 44.2 Å². The summed E-state index contributed by atoms with van der Waals surface area (Å²) in [6, 6.07) is 8.34. The minimum Gasteiger partial charge on any atom is -0.356 e. The molecule has 1 rings (SSSR count). The summed E-state index contributed by atoms with van der Waals surface area (Å²) in [7, 11) is -3.11. The van der Waals surface area contributed by atoms with Crippen molar-refractivity contribution < 1.29 is 8.42 Å². The van der Waals surface area contributed by atoms with Crippen molar-refractivity contribution in [1.82, 2.24) is 15.4 Å². The lowest BCUT2D eigenvalue weighted by atomic mass is 10.1. The zero-order valence-electron chi connectivity index (χ0n) is 15.6. The van der Waals surface area contributed by atoms with Gasteiger partial charge in [0, 0.05) is 19.6 Å². The molecular formula is C18H32N4O2S. The van der Waals surface area contributed by atoms with Crippen LogP contribution in [0.25, 0.3) is 0 Å². The van der Waals surface area contributed by atoms with Crippen molar-refractivity contribution in [1.29, 1.82) is 0 Å². The normalized spacial score (nSPS) is 12.2. The lowest BCUT2D eigenvalue weighted by Crippen LogP contribution is -2.39. The van der Waals surface area contributed by atoms with Crippen molar-refractivity contribution in [3.8, 4) is 0 Å². The predicted octanol–water partition coefficient (Wildman–Crippen LogP) is 2.16. The Kier molecular flexibility index (Phi) is 10.2. The summed E-state index contributed by atoms with van der Waals surface area (Å²) in [5.41, 5.74) is 2.40. The fourth-order valence-electron chi connectivity index (χ4n) is 2.05. The highest BCUT2D eigenvalue weighted by atomic mass is 32.2. The first-order valence-corrected chi connectivity index (χ1v) is 10.7. The molecule has 25 heavy (non-hydrogen) atoms. The molecule has 0 aliphatic rings. The van der Waals surface area contributed by atoms with Gasteiger partial charge in [0.25, 0.3) is 0 Å². The molecule has 0 saturated heterocycles. The summed E-state index contributed by atoms with van der Waals surface area (Å²) in [4.78, 5) is 4.61. The first kappa shape index (κ1) is 21.4. The van der Waals surface area contributed by atoms with E-state index in [1.54, 1.807) is 6.92 Å². The van der Waals surface area contributed by atoms with Gasteiger partial charge < -0.3 is 10.6 Å². The standard InChI is InChI=1S/C18H32N4O2S/c1-4-6-12-19-18(20-13-7-14-22-25(23,24)5-2)21-15-17-10-8-16(3)9-11-17/h8-11,22H,4-7,12-15H2,1-3H3,(H2,19,20,21). The van der Waals surface area contributed by atoms with E-state index in [2.05, 4.69) is 58.5 Å². The lowest BCUT2D eigenvalue weighted by molar-refractivity contribution is 0.579. The van der Waals surface area contributed by atoms with Crippen LogP contribution in [0.15, 0.2) is 29.3 Å². The van der Waals surface area contributed by atoms with Crippen LogP contribution >= 0.6 is 0 Å². The molecule has 1 aromatic rings. The van der Waals surface area contributed by atoms with Gasteiger partial charge in [0.05, 0.1) is 12.3 Å². The van der Waals surface area contributed by atoms with Gasteiger partial charge in [-0.2, -0.15) is 0 Å². The Balaban J connectivity index is 2.45. The summed E-state index contributed by atoms with van der Waals surface area (Å²) in [6.07, 6.45) is 2.91. The zero-order chi connectivity index (χ0) is 18.5. The van der Waals surface area contributed by atoms with Gasteiger partial charge in [-0.1, -0.05) is 43.2 Å². The molecule has 3 N–H and O–H groups in total. The van der Waals surface area contributed by atoms with Gasteiger partial charge in [-0.15, -0.1) is 0 Å².